The van der Waals surface area contributed by atoms with Gasteiger partial charge in [-0.05, 0) is 55.0 Å². The average molecular weight is 399 g/mol. The van der Waals surface area contributed by atoms with E-state index in [1.807, 2.05) is 19.1 Å². The van der Waals surface area contributed by atoms with Crippen LogP contribution in [0.25, 0.3) is 0 Å². The van der Waals surface area contributed by atoms with Gasteiger partial charge in [0.2, 0.25) is 0 Å². The number of nitrogens with one attached hydrogen (secondary N) is 1. The number of methoxy groups -OCH3 is 1. The highest BCUT2D eigenvalue weighted by Gasteiger charge is 2.32. The van der Waals surface area contributed by atoms with Crippen molar-refractivity contribution < 1.29 is 22.4 Å². The second-order valence-electron chi connectivity index (χ2n) is 6.25. The number of hydrogen-bond acceptors (Lipinski definition) is 5. The van der Waals surface area contributed by atoms with E-state index in [-0.39, 0.29) is 23.1 Å². The Hall–Kier alpha value is -3.06. The molecule has 0 bridgehead atoms. The van der Waals surface area contributed by atoms with Crippen molar-refractivity contribution in [2.75, 3.05) is 13.7 Å². The summed E-state index contributed by atoms with van der Waals surface area (Å²) in [6.07, 6.45) is 1.41. The van der Waals surface area contributed by atoms with E-state index in [0.717, 1.165) is 5.56 Å². The Labute approximate surface area is 164 Å². The fourth-order valence-electron chi connectivity index (χ4n) is 2.88. The highest BCUT2D eigenvalue weighted by atomic mass is 32.2. The summed E-state index contributed by atoms with van der Waals surface area (Å²) in [6, 6.07) is 16.5. The van der Waals surface area contributed by atoms with Crippen molar-refractivity contribution in [3.05, 3.63) is 83.8 Å². The van der Waals surface area contributed by atoms with Gasteiger partial charge in [0.25, 0.3) is 5.91 Å². The Bertz CT molecular complexity index is 1040. The molecule has 146 valence electrons. The fourth-order valence-corrected chi connectivity index (χ4v) is 4.46. The summed E-state index contributed by atoms with van der Waals surface area (Å²) >= 11 is 0. The van der Waals surface area contributed by atoms with Gasteiger partial charge in [-0.25, -0.2) is 8.42 Å². The zero-order chi connectivity index (χ0) is 20.1. The van der Waals surface area contributed by atoms with Gasteiger partial charge in [0, 0.05) is 12.1 Å². The Morgan fingerprint density at radius 3 is 2.39 bits per heavy atom. The Balaban J connectivity index is 1.87. The molecule has 1 N–H and O–H groups in total. The number of amides is 1. The molecule has 3 rings (SSSR count). The lowest BCUT2D eigenvalue weighted by atomic mass is 10.1. The Kier molecular flexibility index (Phi) is 5.84. The van der Waals surface area contributed by atoms with Crippen molar-refractivity contribution in [3.63, 3.8) is 0 Å². The van der Waals surface area contributed by atoms with Crippen LogP contribution in [0.2, 0.25) is 0 Å². The average Bonchev–Trinajstić information content (AvgIpc) is 3.22. The highest BCUT2D eigenvalue weighted by molar-refractivity contribution is 7.91. The first kappa shape index (κ1) is 19.7. The number of aryl methyl sites for hydroxylation is 1. The van der Waals surface area contributed by atoms with Gasteiger partial charge in [0.1, 0.15) is 16.8 Å². The van der Waals surface area contributed by atoms with Crippen LogP contribution in [0.1, 0.15) is 26.9 Å². The molecule has 0 aliphatic heterocycles. The van der Waals surface area contributed by atoms with Gasteiger partial charge >= 0.3 is 0 Å². The molecule has 1 atom stereocenters. The van der Waals surface area contributed by atoms with E-state index in [4.69, 9.17) is 9.15 Å². The van der Waals surface area contributed by atoms with Gasteiger partial charge in [0.15, 0.2) is 9.84 Å². The largest absolute Gasteiger partial charge is 0.497 e. The monoisotopic (exact) mass is 399 g/mol. The van der Waals surface area contributed by atoms with Crippen LogP contribution < -0.4 is 10.1 Å². The van der Waals surface area contributed by atoms with Gasteiger partial charge < -0.3 is 14.5 Å². The topological polar surface area (TPSA) is 85.6 Å². The van der Waals surface area contributed by atoms with Gasteiger partial charge in [-0.15, -0.1) is 0 Å². The lowest BCUT2D eigenvalue weighted by Gasteiger charge is -2.17. The predicted octanol–water partition coefficient (Wildman–Crippen LogP) is 3.54. The first-order chi connectivity index (χ1) is 13.4. The van der Waals surface area contributed by atoms with Gasteiger partial charge in [0.05, 0.1) is 18.3 Å². The maximum absolute atomic E-state index is 13.2. The van der Waals surface area contributed by atoms with E-state index in [1.54, 1.807) is 36.4 Å². The van der Waals surface area contributed by atoms with E-state index in [1.165, 1.54) is 25.5 Å². The third-order valence-corrected chi connectivity index (χ3v) is 6.54. The quantitative estimate of drug-likeness (QED) is 0.657. The Morgan fingerprint density at radius 1 is 1.07 bits per heavy atom. The van der Waals surface area contributed by atoms with Crippen molar-refractivity contribution >= 4 is 15.7 Å². The maximum atomic E-state index is 13.2. The summed E-state index contributed by atoms with van der Waals surface area (Å²) in [6.45, 7) is 1.71. The molecule has 0 saturated carbocycles. The molecule has 6 nitrogen and oxygen atoms in total. The van der Waals surface area contributed by atoms with Gasteiger partial charge in [-0.1, -0.05) is 18.2 Å². The predicted molar refractivity (Wildman–Crippen MR) is 105 cm³/mol. The molecule has 1 aromatic heterocycles. The molecule has 3 aromatic rings. The molecule has 0 fully saturated rings. The first-order valence-electron chi connectivity index (χ1n) is 8.68. The van der Waals surface area contributed by atoms with Crippen LogP contribution in [0.3, 0.4) is 0 Å². The fraction of sp³-hybridized carbons (Fsp3) is 0.190. The van der Waals surface area contributed by atoms with E-state index in [2.05, 4.69) is 5.32 Å². The maximum Gasteiger partial charge on any atom is 0.251 e. The standard InChI is InChI=1S/C21H21NO5S/c1-15-6-3-4-7-18(15)21(23)22-14-20(19-8-5-13-27-19)28(24,25)17-11-9-16(26-2)10-12-17/h3-13,20H,14H2,1-2H3,(H,22,23)/t20-/m0/s1. The normalized spacial score (nSPS) is 12.4. The third-order valence-electron chi connectivity index (χ3n) is 4.46. The Morgan fingerprint density at radius 2 is 1.79 bits per heavy atom. The summed E-state index contributed by atoms with van der Waals surface area (Å²) in [5.41, 5.74) is 1.31. The van der Waals surface area contributed by atoms with Crippen LogP contribution in [-0.4, -0.2) is 28.0 Å². The number of furan rings is 1. The SMILES string of the molecule is COc1ccc(S(=O)(=O)[C@@H](CNC(=O)c2ccccc2C)c2ccco2)cc1. The molecule has 1 heterocycles. The minimum Gasteiger partial charge on any atom is -0.497 e. The molecular formula is C21H21NO5S. The molecule has 28 heavy (non-hydrogen) atoms. The summed E-state index contributed by atoms with van der Waals surface area (Å²) in [5.74, 6) is 0.488. The minimum atomic E-state index is -3.80. The van der Waals surface area contributed by atoms with Crippen molar-refractivity contribution in [2.45, 2.75) is 17.1 Å². The third kappa shape index (κ3) is 4.09. The van der Waals surface area contributed by atoms with Crippen molar-refractivity contribution in [1.29, 1.82) is 0 Å². The van der Waals surface area contributed by atoms with Crippen LogP contribution in [0.5, 0.6) is 5.75 Å². The summed E-state index contributed by atoms with van der Waals surface area (Å²) in [7, 11) is -2.29. The second kappa shape index (κ2) is 8.31. The van der Waals surface area contributed by atoms with Crippen LogP contribution in [0.15, 0.2) is 76.2 Å². The number of ether oxygens (including phenoxy) is 1. The van der Waals surface area contributed by atoms with Gasteiger partial charge in [-0.2, -0.15) is 0 Å². The molecule has 0 radical (unpaired) electrons. The van der Waals surface area contributed by atoms with E-state index in [0.29, 0.717) is 11.3 Å². The van der Waals surface area contributed by atoms with Crippen LogP contribution in [-0.2, 0) is 9.84 Å². The molecular weight excluding hydrogens is 378 g/mol. The van der Waals surface area contributed by atoms with Gasteiger partial charge in [-0.3, -0.25) is 4.79 Å². The van der Waals surface area contributed by atoms with Crippen LogP contribution in [0.4, 0.5) is 0 Å². The molecule has 0 spiro atoms. The van der Waals surface area contributed by atoms with Crippen LogP contribution >= 0.6 is 0 Å². The lowest BCUT2D eigenvalue weighted by Crippen LogP contribution is -2.32. The number of carbonyl (C=O) groups is 1. The molecule has 0 saturated heterocycles. The number of carbonyl (C=O) groups excluding carboxylic acids is 1. The highest BCUT2D eigenvalue weighted by Crippen LogP contribution is 2.30. The van der Waals surface area contributed by atoms with Crippen molar-refractivity contribution in [3.8, 4) is 5.75 Å². The van der Waals surface area contributed by atoms with E-state index < -0.39 is 15.1 Å². The first-order valence-corrected chi connectivity index (χ1v) is 10.2. The summed E-state index contributed by atoms with van der Waals surface area (Å²) < 4.78 is 36.8. The summed E-state index contributed by atoms with van der Waals surface area (Å²) in [4.78, 5) is 12.7. The molecule has 1 amide bonds. The second-order valence-corrected chi connectivity index (χ2v) is 8.38. The molecule has 0 unspecified atom stereocenters. The number of sulfone groups is 1. The number of hydrogen-bond donors (Lipinski definition) is 1. The minimum absolute atomic E-state index is 0.116. The molecule has 2 aromatic carbocycles. The van der Waals surface area contributed by atoms with E-state index in [9.17, 15) is 13.2 Å². The van der Waals surface area contributed by atoms with Crippen LogP contribution in [0, 0.1) is 6.92 Å². The zero-order valence-electron chi connectivity index (χ0n) is 15.6. The molecule has 0 aliphatic carbocycles. The summed E-state index contributed by atoms with van der Waals surface area (Å²) in [5, 5.41) is 1.67. The molecule has 0 aliphatic rings. The van der Waals surface area contributed by atoms with Crippen molar-refractivity contribution in [2.24, 2.45) is 0 Å². The lowest BCUT2D eigenvalue weighted by molar-refractivity contribution is 0.0952. The van der Waals surface area contributed by atoms with Crippen molar-refractivity contribution in [1.82, 2.24) is 5.32 Å². The number of rotatable bonds is 7. The van der Waals surface area contributed by atoms with E-state index >= 15 is 0 Å². The smallest absolute Gasteiger partial charge is 0.251 e. The molecule has 7 heteroatoms. The number of benzene rings is 2. The zero-order valence-corrected chi connectivity index (χ0v) is 16.4.